The van der Waals surface area contributed by atoms with Crippen LogP contribution in [0.5, 0.6) is 0 Å². The predicted molar refractivity (Wildman–Crippen MR) is 89.9 cm³/mol. The summed E-state index contributed by atoms with van der Waals surface area (Å²) in [5.41, 5.74) is 2.15. The van der Waals surface area contributed by atoms with Crippen LogP contribution in [0, 0.1) is 0 Å². The Morgan fingerprint density at radius 3 is 2.68 bits per heavy atom. The van der Waals surface area contributed by atoms with Crippen LogP contribution in [0.25, 0.3) is 10.9 Å². The van der Waals surface area contributed by atoms with Gasteiger partial charge in [-0.3, -0.25) is 4.79 Å². The largest absolute Gasteiger partial charge is 0.340 e. The monoisotopic (exact) mass is 312 g/mol. The molecule has 0 radical (unpaired) electrons. The van der Waals surface area contributed by atoms with Crippen molar-refractivity contribution in [1.82, 2.24) is 9.47 Å². The Labute approximate surface area is 134 Å². The highest BCUT2D eigenvalue weighted by atomic mass is 35.5. The molecular weight excluding hydrogens is 296 g/mol. The maximum absolute atomic E-state index is 12.4. The SMILES string of the molecule is CN(Cc1ccccc1)C(=O)Cn1ccc2cc(Cl)ccc21. The number of hydrogen-bond acceptors (Lipinski definition) is 1. The van der Waals surface area contributed by atoms with Gasteiger partial charge in [-0.25, -0.2) is 0 Å². The van der Waals surface area contributed by atoms with E-state index in [4.69, 9.17) is 11.6 Å². The zero-order valence-electron chi connectivity index (χ0n) is 12.4. The number of fused-ring (bicyclic) bond motifs is 1. The Bertz CT molecular complexity index is 795. The van der Waals surface area contributed by atoms with Crippen LogP contribution in [0.2, 0.25) is 5.02 Å². The molecule has 0 aliphatic heterocycles. The summed E-state index contributed by atoms with van der Waals surface area (Å²) >= 11 is 5.99. The topological polar surface area (TPSA) is 25.2 Å². The highest BCUT2D eigenvalue weighted by molar-refractivity contribution is 6.31. The first-order valence-corrected chi connectivity index (χ1v) is 7.53. The Kier molecular flexibility index (Phi) is 4.16. The predicted octanol–water partition coefficient (Wildman–Crippen LogP) is 3.95. The van der Waals surface area contributed by atoms with Gasteiger partial charge in [-0.1, -0.05) is 41.9 Å². The first kappa shape index (κ1) is 14.7. The zero-order chi connectivity index (χ0) is 15.5. The average Bonchev–Trinajstić information content (AvgIpc) is 2.90. The molecule has 2 aromatic carbocycles. The van der Waals surface area contributed by atoms with E-state index in [-0.39, 0.29) is 5.91 Å². The molecule has 0 saturated carbocycles. The highest BCUT2D eigenvalue weighted by Crippen LogP contribution is 2.20. The van der Waals surface area contributed by atoms with E-state index >= 15 is 0 Å². The van der Waals surface area contributed by atoms with Crippen molar-refractivity contribution < 1.29 is 4.79 Å². The van der Waals surface area contributed by atoms with Gasteiger partial charge < -0.3 is 9.47 Å². The summed E-state index contributed by atoms with van der Waals surface area (Å²) in [6.07, 6.45) is 1.93. The number of benzene rings is 2. The van der Waals surface area contributed by atoms with Crippen molar-refractivity contribution in [2.24, 2.45) is 0 Å². The first-order valence-electron chi connectivity index (χ1n) is 7.16. The lowest BCUT2D eigenvalue weighted by molar-refractivity contribution is -0.131. The Hall–Kier alpha value is -2.26. The van der Waals surface area contributed by atoms with Gasteiger partial charge in [0.25, 0.3) is 0 Å². The lowest BCUT2D eigenvalue weighted by atomic mass is 10.2. The van der Waals surface area contributed by atoms with Crippen LogP contribution in [0.15, 0.2) is 60.8 Å². The number of nitrogens with zero attached hydrogens (tertiary/aromatic N) is 2. The van der Waals surface area contributed by atoms with E-state index < -0.39 is 0 Å². The second kappa shape index (κ2) is 6.24. The summed E-state index contributed by atoms with van der Waals surface area (Å²) in [6, 6.07) is 17.7. The van der Waals surface area contributed by atoms with Gasteiger partial charge in [0.1, 0.15) is 6.54 Å². The lowest BCUT2D eigenvalue weighted by Crippen LogP contribution is -2.29. The van der Waals surface area contributed by atoms with Crippen molar-refractivity contribution in [3.8, 4) is 0 Å². The molecule has 0 unspecified atom stereocenters. The second-order valence-electron chi connectivity index (χ2n) is 5.38. The quantitative estimate of drug-likeness (QED) is 0.716. The molecule has 1 aromatic heterocycles. The third-order valence-electron chi connectivity index (χ3n) is 3.73. The number of aromatic nitrogens is 1. The molecule has 3 nitrogen and oxygen atoms in total. The molecule has 0 N–H and O–H groups in total. The minimum atomic E-state index is 0.0799. The molecular formula is C18H17ClN2O. The summed E-state index contributed by atoms with van der Waals surface area (Å²) in [5, 5.41) is 1.75. The molecule has 22 heavy (non-hydrogen) atoms. The van der Waals surface area contributed by atoms with Gasteiger partial charge >= 0.3 is 0 Å². The molecule has 1 amide bonds. The van der Waals surface area contributed by atoms with E-state index in [1.807, 2.05) is 72.4 Å². The zero-order valence-corrected chi connectivity index (χ0v) is 13.1. The normalized spacial score (nSPS) is 10.8. The van der Waals surface area contributed by atoms with Crippen LogP contribution in [0.1, 0.15) is 5.56 Å². The number of halogens is 1. The van der Waals surface area contributed by atoms with Crippen molar-refractivity contribution in [2.75, 3.05) is 7.05 Å². The van der Waals surface area contributed by atoms with Crippen molar-refractivity contribution in [3.63, 3.8) is 0 Å². The fourth-order valence-corrected chi connectivity index (χ4v) is 2.70. The summed E-state index contributed by atoms with van der Waals surface area (Å²) in [7, 11) is 1.83. The van der Waals surface area contributed by atoms with Crippen molar-refractivity contribution in [2.45, 2.75) is 13.1 Å². The van der Waals surface area contributed by atoms with Gasteiger partial charge in [-0.05, 0) is 29.8 Å². The molecule has 0 fully saturated rings. The fraction of sp³-hybridized carbons (Fsp3) is 0.167. The molecule has 3 rings (SSSR count). The highest BCUT2D eigenvalue weighted by Gasteiger charge is 2.11. The van der Waals surface area contributed by atoms with E-state index in [0.717, 1.165) is 16.5 Å². The van der Waals surface area contributed by atoms with E-state index in [9.17, 15) is 4.79 Å². The maximum atomic E-state index is 12.4. The summed E-state index contributed by atoms with van der Waals surface area (Å²) in [4.78, 5) is 14.2. The van der Waals surface area contributed by atoms with Crippen LogP contribution in [0.3, 0.4) is 0 Å². The summed E-state index contributed by atoms with van der Waals surface area (Å²) < 4.78 is 1.95. The first-order chi connectivity index (χ1) is 10.6. The number of likely N-dealkylation sites (N-methyl/N-ethyl adjacent to an activating group) is 1. The molecule has 3 aromatic rings. The number of hydrogen-bond donors (Lipinski definition) is 0. The van der Waals surface area contributed by atoms with Crippen LogP contribution in [-0.2, 0) is 17.9 Å². The minimum absolute atomic E-state index is 0.0799. The maximum Gasteiger partial charge on any atom is 0.242 e. The van der Waals surface area contributed by atoms with Gasteiger partial charge in [-0.2, -0.15) is 0 Å². The second-order valence-corrected chi connectivity index (χ2v) is 5.82. The molecule has 0 aliphatic rings. The summed E-state index contributed by atoms with van der Waals surface area (Å²) in [5.74, 6) is 0.0799. The molecule has 1 heterocycles. The minimum Gasteiger partial charge on any atom is -0.340 e. The van der Waals surface area contributed by atoms with Crippen LogP contribution < -0.4 is 0 Å². The number of carbonyl (C=O) groups excluding carboxylic acids is 1. The number of rotatable bonds is 4. The molecule has 0 atom stereocenters. The van der Waals surface area contributed by atoms with Crippen molar-refractivity contribution in [1.29, 1.82) is 0 Å². The number of amides is 1. The smallest absolute Gasteiger partial charge is 0.242 e. The third-order valence-corrected chi connectivity index (χ3v) is 3.96. The van der Waals surface area contributed by atoms with E-state index in [1.54, 1.807) is 4.90 Å². The molecule has 112 valence electrons. The molecule has 0 bridgehead atoms. The third kappa shape index (κ3) is 3.15. The number of carbonyl (C=O) groups is 1. The fourth-order valence-electron chi connectivity index (χ4n) is 2.52. The summed E-state index contributed by atoms with van der Waals surface area (Å²) in [6.45, 7) is 0.944. The molecule has 0 saturated heterocycles. The Morgan fingerprint density at radius 2 is 1.91 bits per heavy atom. The standard InChI is InChI=1S/C18H17ClN2O/c1-20(12-14-5-3-2-4-6-14)18(22)13-21-10-9-15-11-16(19)7-8-17(15)21/h2-11H,12-13H2,1H3. The average molecular weight is 313 g/mol. The van der Waals surface area contributed by atoms with E-state index in [0.29, 0.717) is 18.1 Å². The lowest BCUT2D eigenvalue weighted by Gasteiger charge is -2.18. The van der Waals surface area contributed by atoms with Gasteiger partial charge in [0.15, 0.2) is 0 Å². The van der Waals surface area contributed by atoms with E-state index in [2.05, 4.69) is 0 Å². The van der Waals surface area contributed by atoms with Crippen LogP contribution in [-0.4, -0.2) is 22.4 Å². The van der Waals surface area contributed by atoms with Crippen LogP contribution >= 0.6 is 11.6 Å². The van der Waals surface area contributed by atoms with Gasteiger partial charge in [0, 0.05) is 35.7 Å². The molecule has 0 spiro atoms. The van der Waals surface area contributed by atoms with Gasteiger partial charge in [0.05, 0.1) is 0 Å². The van der Waals surface area contributed by atoms with Crippen molar-refractivity contribution in [3.05, 3.63) is 71.4 Å². The van der Waals surface area contributed by atoms with Crippen LogP contribution in [0.4, 0.5) is 0 Å². The molecule has 0 aliphatic carbocycles. The van der Waals surface area contributed by atoms with Gasteiger partial charge in [-0.15, -0.1) is 0 Å². The Morgan fingerprint density at radius 1 is 1.14 bits per heavy atom. The van der Waals surface area contributed by atoms with Crippen molar-refractivity contribution >= 4 is 28.4 Å². The molecule has 4 heteroatoms. The van der Waals surface area contributed by atoms with E-state index in [1.165, 1.54) is 0 Å². The Balaban J connectivity index is 1.72. The van der Waals surface area contributed by atoms with Gasteiger partial charge in [0.2, 0.25) is 5.91 Å².